The number of carbonyl (C=O) groups is 2. The van der Waals surface area contributed by atoms with Crippen LogP contribution >= 0.6 is 0 Å². The minimum Gasteiger partial charge on any atom is -0.480 e. The molecule has 0 saturated carbocycles. The molecule has 2 unspecified atom stereocenters. The fourth-order valence-electron chi connectivity index (χ4n) is 2.62. The van der Waals surface area contributed by atoms with E-state index in [0.29, 0.717) is 18.5 Å². The molecule has 0 aromatic heterocycles. The van der Waals surface area contributed by atoms with Gasteiger partial charge in [-0.3, -0.25) is 4.79 Å². The lowest BCUT2D eigenvalue weighted by atomic mass is 9.95. The lowest BCUT2D eigenvalue weighted by Crippen LogP contribution is -2.49. The van der Waals surface area contributed by atoms with Gasteiger partial charge in [0.25, 0.3) is 0 Å². The zero-order chi connectivity index (χ0) is 14.7. The Kier molecular flexibility index (Phi) is 4.37. The molecule has 0 aliphatic carbocycles. The maximum absolute atomic E-state index is 13.2. The fraction of sp³-hybridized carbons (Fsp3) is 0.467. The van der Waals surface area contributed by atoms with Crippen LogP contribution in [0.3, 0.4) is 0 Å². The van der Waals surface area contributed by atoms with E-state index in [1.165, 1.54) is 17.0 Å². The molecule has 1 aliphatic heterocycles. The first-order valence-electron chi connectivity index (χ1n) is 6.79. The molecule has 1 aliphatic rings. The number of carboxylic acid groups (broad SMARTS) is 1. The topological polar surface area (TPSA) is 57.6 Å². The van der Waals surface area contributed by atoms with Crippen LogP contribution in [0, 0.1) is 5.82 Å². The van der Waals surface area contributed by atoms with Crippen LogP contribution in [0.25, 0.3) is 0 Å². The van der Waals surface area contributed by atoms with Crippen molar-refractivity contribution in [2.24, 2.45) is 0 Å². The number of carboxylic acids is 1. The van der Waals surface area contributed by atoms with E-state index in [2.05, 4.69) is 0 Å². The lowest BCUT2D eigenvalue weighted by Gasteiger charge is -2.34. The quantitative estimate of drug-likeness (QED) is 0.924. The fourth-order valence-corrected chi connectivity index (χ4v) is 2.62. The Labute approximate surface area is 117 Å². The Morgan fingerprint density at radius 2 is 2.15 bits per heavy atom. The monoisotopic (exact) mass is 279 g/mol. The third-order valence-corrected chi connectivity index (χ3v) is 3.79. The van der Waals surface area contributed by atoms with Gasteiger partial charge in [-0.25, -0.2) is 9.18 Å². The maximum atomic E-state index is 13.2. The van der Waals surface area contributed by atoms with Gasteiger partial charge in [-0.05, 0) is 43.9 Å². The molecule has 1 N–H and O–H groups in total. The highest BCUT2D eigenvalue weighted by Crippen LogP contribution is 2.24. The number of amides is 1. The van der Waals surface area contributed by atoms with Gasteiger partial charge < -0.3 is 10.0 Å². The van der Waals surface area contributed by atoms with Gasteiger partial charge in [0.1, 0.15) is 11.9 Å². The second kappa shape index (κ2) is 6.03. The number of nitrogens with zero attached hydrogens (tertiary/aromatic N) is 1. The summed E-state index contributed by atoms with van der Waals surface area (Å²) in [5.41, 5.74) is 0.574. The van der Waals surface area contributed by atoms with E-state index in [4.69, 9.17) is 0 Å². The standard InChI is InChI=1S/C15H18FNO3/c1-10(11-5-4-6-12(16)9-11)14(18)17-8-3-2-7-13(17)15(19)20/h4-6,9-10,13H,2-3,7-8H2,1H3,(H,19,20). The number of hydrogen-bond donors (Lipinski definition) is 1. The molecule has 0 spiro atoms. The molecule has 2 atom stereocenters. The number of carbonyl (C=O) groups excluding carboxylic acids is 1. The molecular weight excluding hydrogens is 261 g/mol. The molecular formula is C15H18FNO3. The third-order valence-electron chi connectivity index (χ3n) is 3.79. The van der Waals surface area contributed by atoms with Gasteiger partial charge in [0.2, 0.25) is 5.91 Å². The average molecular weight is 279 g/mol. The van der Waals surface area contributed by atoms with Crippen LogP contribution in [0.2, 0.25) is 0 Å². The van der Waals surface area contributed by atoms with Gasteiger partial charge in [0, 0.05) is 6.54 Å². The Hall–Kier alpha value is -1.91. The first-order valence-corrected chi connectivity index (χ1v) is 6.79. The van der Waals surface area contributed by atoms with Crippen LogP contribution in [0.15, 0.2) is 24.3 Å². The summed E-state index contributed by atoms with van der Waals surface area (Å²) in [6.07, 6.45) is 2.11. The number of rotatable bonds is 3. The zero-order valence-electron chi connectivity index (χ0n) is 11.4. The Balaban J connectivity index is 2.18. The van der Waals surface area contributed by atoms with Crippen molar-refractivity contribution in [3.05, 3.63) is 35.6 Å². The van der Waals surface area contributed by atoms with Crippen molar-refractivity contribution < 1.29 is 19.1 Å². The van der Waals surface area contributed by atoms with Gasteiger partial charge >= 0.3 is 5.97 Å². The van der Waals surface area contributed by atoms with E-state index in [9.17, 15) is 19.1 Å². The number of aliphatic carboxylic acids is 1. The molecule has 1 aromatic carbocycles. The Morgan fingerprint density at radius 1 is 1.40 bits per heavy atom. The van der Waals surface area contributed by atoms with E-state index in [0.717, 1.165) is 12.8 Å². The summed E-state index contributed by atoms with van der Waals surface area (Å²) in [6.45, 7) is 2.14. The molecule has 1 saturated heterocycles. The molecule has 0 radical (unpaired) electrons. The molecule has 1 aromatic rings. The van der Waals surface area contributed by atoms with Crippen molar-refractivity contribution >= 4 is 11.9 Å². The van der Waals surface area contributed by atoms with Gasteiger partial charge in [-0.1, -0.05) is 12.1 Å². The molecule has 2 rings (SSSR count). The van der Waals surface area contributed by atoms with Gasteiger partial charge in [-0.2, -0.15) is 0 Å². The summed E-state index contributed by atoms with van der Waals surface area (Å²) in [7, 11) is 0. The van der Waals surface area contributed by atoms with Crippen molar-refractivity contribution in [1.82, 2.24) is 4.90 Å². The predicted octanol–water partition coefficient (Wildman–Crippen LogP) is 2.39. The van der Waals surface area contributed by atoms with Crippen molar-refractivity contribution in [1.29, 1.82) is 0 Å². The Bertz CT molecular complexity index is 518. The summed E-state index contributed by atoms with van der Waals surface area (Å²) in [4.78, 5) is 25.1. The minimum atomic E-state index is -0.968. The summed E-state index contributed by atoms with van der Waals surface area (Å²) >= 11 is 0. The SMILES string of the molecule is CC(C(=O)N1CCCCC1C(=O)O)c1cccc(F)c1. The largest absolute Gasteiger partial charge is 0.480 e. The van der Waals surface area contributed by atoms with Crippen LogP contribution < -0.4 is 0 Å². The number of likely N-dealkylation sites (tertiary alicyclic amines) is 1. The third kappa shape index (κ3) is 2.98. The lowest BCUT2D eigenvalue weighted by molar-refractivity contribution is -0.152. The first-order chi connectivity index (χ1) is 9.50. The van der Waals surface area contributed by atoms with Crippen LogP contribution in [-0.2, 0) is 9.59 Å². The van der Waals surface area contributed by atoms with E-state index in [1.807, 2.05) is 0 Å². The zero-order valence-corrected chi connectivity index (χ0v) is 11.4. The molecule has 1 heterocycles. The molecule has 4 nitrogen and oxygen atoms in total. The van der Waals surface area contributed by atoms with Crippen LogP contribution in [0.5, 0.6) is 0 Å². The highest BCUT2D eigenvalue weighted by molar-refractivity contribution is 5.88. The van der Waals surface area contributed by atoms with Gasteiger partial charge in [-0.15, -0.1) is 0 Å². The van der Waals surface area contributed by atoms with E-state index in [-0.39, 0.29) is 5.91 Å². The molecule has 5 heteroatoms. The van der Waals surface area contributed by atoms with Crippen LogP contribution in [-0.4, -0.2) is 34.5 Å². The van der Waals surface area contributed by atoms with Crippen molar-refractivity contribution in [3.8, 4) is 0 Å². The second-order valence-electron chi connectivity index (χ2n) is 5.16. The molecule has 20 heavy (non-hydrogen) atoms. The van der Waals surface area contributed by atoms with E-state index >= 15 is 0 Å². The smallest absolute Gasteiger partial charge is 0.326 e. The number of halogens is 1. The Morgan fingerprint density at radius 3 is 2.80 bits per heavy atom. The van der Waals surface area contributed by atoms with Crippen molar-refractivity contribution in [3.63, 3.8) is 0 Å². The van der Waals surface area contributed by atoms with Crippen LogP contribution in [0.1, 0.15) is 37.7 Å². The summed E-state index contributed by atoms with van der Waals surface area (Å²) in [5.74, 6) is -2.14. The maximum Gasteiger partial charge on any atom is 0.326 e. The molecule has 0 bridgehead atoms. The highest BCUT2D eigenvalue weighted by atomic mass is 19.1. The highest BCUT2D eigenvalue weighted by Gasteiger charge is 2.34. The normalized spacial score (nSPS) is 20.5. The van der Waals surface area contributed by atoms with E-state index in [1.54, 1.807) is 19.1 Å². The van der Waals surface area contributed by atoms with E-state index < -0.39 is 23.7 Å². The van der Waals surface area contributed by atoms with Crippen molar-refractivity contribution in [2.45, 2.75) is 38.1 Å². The summed E-state index contributed by atoms with van der Waals surface area (Å²) < 4.78 is 13.2. The van der Waals surface area contributed by atoms with Gasteiger partial charge in [0.15, 0.2) is 0 Å². The molecule has 108 valence electrons. The second-order valence-corrected chi connectivity index (χ2v) is 5.16. The number of hydrogen-bond acceptors (Lipinski definition) is 2. The number of piperidine rings is 1. The minimum absolute atomic E-state index is 0.247. The molecule has 1 amide bonds. The van der Waals surface area contributed by atoms with Crippen molar-refractivity contribution in [2.75, 3.05) is 6.54 Å². The number of benzene rings is 1. The summed E-state index contributed by atoms with van der Waals surface area (Å²) in [6, 6.07) is 5.13. The molecule has 1 fully saturated rings. The van der Waals surface area contributed by atoms with Crippen LogP contribution in [0.4, 0.5) is 4.39 Å². The first kappa shape index (κ1) is 14.5. The van der Waals surface area contributed by atoms with Gasteiger partial charge in [0.05, 0.1) is 5.92 Å². The summed E-state index contributed by atoms with van der Waals surface area (Å²) in [5, 5.41) is 9.20. The predicted molar refractivity (Wildman–Crippen MR) is 71.8 cm³/mol. The average Bonchev–Trinajstić information content (AvgIpc) is 2.45.